The van der Waals surface area contributed by atoms with Gasteiger partial charge in [-0.2, -0.15) is 0 Å². The largest absolute Gasteiger partial charge is 0.342 e. The summed E-state index contributed by atoms with van der Waals surface area (Å²) >= 11 is 3.42. The van der Waals surface area contributed by atoms with E-state index < -0.39 is 0 Å². The summed E-state index contributed by atoms with van der Waals surface area (Å²) in [5.74, 6) is 0.298. The highest BCUT2D eigenvalue weighted by Crippen LogP contribution is 2.46. The van der Waals surface area contributed by atoms with Crippen LogP contribution in [0, 0.1) is 0 Å². The summed E-state index contributed by atoms with van der Waals surface area (Å²) < 4.78 is 1.09. The van der Waals surface area contributed by atoms with E-state index in [1.807, 2.05) is 23.5 Å². The van der Waals surface area contributed by atoms with Crippen molar-refractivity contribution in [2.75, 3.05) is 7.05 Å². The fourth-order valence-electron chi connectivity index (χ4n) is 4.19. The Hall–Kier alpha value is -1.33. The van der Waals surface area contributed by atoms with Crippen molar-refractivity contribution in [3.05, 3.63) is 40.9 Å². The molecule has 3 nitrogen and oxygen atoms in total. The van der Waals surface area contributed by atoms with Crippen molar-refractivity contribution in [2.45, 2.75) is 53.3 Å². The molecule has 0 bridgehead atoms. The third-order valence-electron chi connectivity index (χ3n) is 5.45. The highest BCUT2D eigenvalue weighted by Gasteiger charge is 2.46. The minimum atomic E-state index is 0.0978. The van der Waals surface area contributed by atoms with E-state index in [-0.39, 0.29) is 5.41 Å². The quantitative estimate of drug-likeness (QED) is 0.822. The summed E-state index contributed by atoms with van der Waals surface area (Å²) in [4.78, 5) is 19.7. The lowest BCUT2D eigenvalue weighted by Crippen LogP contribution is -2.56. The Balaban J connectivity index is 1.68. The number of likely N-dealkylation sites (N-methyl/N-ethyl adjacent to an activating group) is 1. The summed E-state index contributed by atoms with van der Waals surface area (Å²) in [6.07, 6.45) is 5.61. The lowest BCUT2D eigenvalue weighted by molar-refractivity contribution is -0.138. The van der Waals surface area contributed by atoms with Crippen LogP contribution in [-0.4, -0.2) is 28.9 Å². The molecular formula is C18H20N2OS2. The van der Waals surface area contributed by atoms with Gasteiger partial charge < -0.3 is 4.90 Å². The van der Waals surface area contributed by atoms with Gasteiger partial charge in [-0.3, -0.25) is 4.79 Å². The van der Waals surface area contributed by atoms with Crippen molar-refractivity contribution >= 4 is 29.0 Å². The van der Waals surface area contributed by atoms with Gasteiger partial charge in [-0.1, -0.05) is 24.8 Å². The number of fused-ring (bicyclic) bond motifs is 3. The van der Waals surface area contributed by atoms with Gasteiger partial charge in [-0.15, -0.1) is 11.3 Å². The fourth-order valence-corrected chi connectivity index (χ4v) is 5.85. The first-order valence-corrected chi connectivity index (χ1v) is 9.74. The molecule has 1 saturated heterocycles. The van der Waals surface area contributed by atoms with Gasteiger partial charge in [0, 0.05) is 41.4 Å². The van der Waals surface area contributed by atoms with Crippen LogP contribution in [0.25, 0.3) is 0 Å². The van der Waals surface area contributed by atoms with Crippen LogP contribution in [0.2, 0.25) is 0 Å². The van der Waals surface area contributed by atoms with Crippen molar-refractivity contribution in [2.24, 2.45) is 0 Å². The second-order valence-electron chi connectivity index (χ2n) is 6.70. The maximum atomic E-state index is 12.1. The molecule has 2 aromatic rings. The molecule has 0 spiro atoms. The predicted molar refractivity (Wildman–Crippen MR) is 94.1 cm³/mol. The van der Waals surface area contributed by atoms with Crippen LogP contribution < -0.4 is 0 Å². The SMILES string of the molecule is CN1C(=O)CC[C@]2(C)c3ccc(Sc4nccs4)cc3CCC12. The zero-order valence-electron chi connectivity index (χ0n) is 13.4. The Kier molecular flexibility index (Phi) is 3.73. The number of aryl methyl sites for hydroxylation is 1. The number of thiazole rings is 1. The van der Waals surface area contributed by atoms with Crippen molar-refractivity contribution in [3.8, 4) is 0 Å². The van der Waals surface area contributed by atoms with Gasteiger partial charge >= 0.3 is 0 Å². The molecule has 5 heteroatoms. The molecule has 1 unspecified atom stereocenters. The first kappa shape index (κ1) is 15.2. The summed E-state index contributed by atoms with van der Waals surface area (Å²) in [7, 11) is 1.97. The van der Waals surface area contributed by atoms with E-state index in [2.05, 4.69) is 30.1 Å². The molecule has 1 amide bonds. The highest BCUT2D eigenvalue weighted by atomic mass is 32.2. The number of amides is 1. The number of nitrogens with zero attached hydrogens (tertiary/aromatic N) is 2. The number of piperidine rings is 1. The second kappa shape index (κ2) is 5.64. The van der Waals surface area contributed by atoms with E-state index in [0.29, 0.717) is 18.4 Å². The topological polar surface area (TPSA) is 33.2 Å². The highest BCUT2D eigenvalue weighted by molar-refractivity contribution is 8.01. The van der Waals surface area contributed by atoms with Gasteiger partial charge in [0.2, 0.25) is 5.91 Å². The van der Waals surface area contributed by atoms with Gasteiger partial charge in [-0.05, 0) is 42.5 Å². The first-order valence-electron chi connectivity index (χ1n) is 8.04. The minimum Gasteiger partial charge on any atom is -0.342 e. The Morgan fingerprint density at radius 1 is 1.39 bits per heavy atom. The standard InChI is InChI=1S/C18H20N2OS2/c1-18-8-7-16(21)20(2)15(18)6-3-12-11-13(4-5-14(12)18)23-17-19-9-10-22-17/h4-5,9-11,15H,3,6-8H2,1-2H3/t15?,18-/m1/s1. The van der Waals surface area contributed by atoms with Crippen molar-refractivity contribution in [1.82, 2.24) is 9.88 Å². The molecule has 4 rings (SSSR count). The molecule has 2 aliphatic rings. The Labute approximate surface area is 145 Å². The van der Waals surface area contributed by atoms with Gasteiger partial charge in [0.1, 0.15) is 0 Å². The lowest BCUT2D eigenvalue weighted by Gasteiger charge is -2.50. The van der Waals surface area contributed by atoms with E-state index in [0.717, 1.165) is 23.6 Å². The molecule has 120 valence electrons. The number of carbonyl (C=O) groups excluding carboxylic acids is 1. The molecule has 1 fully saturated rings. The van der Waals surface area contributed by atoms with Crippen LogP contribution in [-0.2, 0) is 16.6 Å². The molecular weight excluding hydrogens is 324 g/mol. The monoisotopic (exact) mass is 344 g/mol. The van der Waals surface area contributed by atoms with Gasteiger partial charge in [0.15, 0.2) is 4.34 Å². The number of hydrogen-bond acceptors (Lipinski definition) is 4. The van der Waals surface area contributed by atoms with Crippen molar-refractivity contribution < 1.29 is 4.79 Å². The van der Waals surface area contributed by atoms with Gasteiger partial charge in [-0.25, -0.2) is 4.98 Å². The van der Waals surface area contributed by atoms with Crippen molar-refractivity contribution in [3.63, 3.8) is 0 Å². The van der Waals surface area contributed by atoms with Gasteiger partial charge in [0.25, 0.3) is 0 Å². The maximum Gasteiger partial charge on any atom is 0.222 e. The number of rotatable bonds is 2. The molecule has 1 aliphatic heterocycles. The smallest absolute Gasteiger partial charge is 0.222 e. The van der Waals surface area contributed by atoms with E-state index in [1.54, 1.807) is 23.1 Å². The van der Waals surface area contributed by atoms with E-state index in [9.17, 15) is 4.79 Å². The zero-order chi connectivity index (χ0) is 16.0. The average Bonchev–Trinajstić information content (AvgIpc) is 3.04. The Morgan fingerprint density at radius 2 is 2.26 bits per heavy atom. The third kappa shape index (κ3) is 2.50. The zero-order valence-corrected chi connectivity index (χ0v) is 15.0. The first-order chi connectivity index (χ1) is 11.1. The van der Waals surface area contributed by atoms with Crippen LogP contribution in [0.4, 0.5) is 0 Å². The molecule has 1 aliphatic carbocycles. The average molecular weight is 345 g/mol. The number of carbonyl (C=O) groups is 1. The minimum absolute atomic E-state index is 0.0978. The van der Waals surface area contributed by atoms with Crippen LogP contribution in [0.15, 0.2) is 39.0 Å². The molecule has 1 aromatic heterocycles. The lowest BCUT2D eigenvalue weighted by atomic mass is 9.63. The van der Waals surface area contributed by atoms with Crippen molar-refractivity contribution in [1.29, 1.82) is 0 Å². The molecule has 23 heavy (non-hydrogen) atoms. The molecule has 0 N–H and O–H groups in total. The number of benzene rings is 1. The molecule has 2 atom stereocenters. The summed E-state index contributed by atoms with van der Waals surface area (Å²) in [6, 6.07) is 7.18. The van der Waals surface area contributed by atoms with Gasteiger partial charge in [0.05, 0.1) is 0 Å². The number of likely N-dealkylation sites (tertiary alicyclic amines) is 1. The molecule has 0 radical (unpaired) electrons. The Morgan fingerprint density at radius 3 is 3.04 bits per heavy atom. The molecule has 2 heterocycles. The van der Waals surface area contributed by atoms with Crippen LogP contribution in [0.3, 0.4) is 0 Å². The van der Waals surface area contributed by atoms with E-state index in [1.165, 1.54) is 16.0 Å². The summed E-state index contributed by atoms with van der Waals surface area (Å²) in [5, 5.41) is 2.02. The molecule has 1 aromatic carbocycles. The maximum absolute atomic E-state index is 12.1. The predicted octanol–water partition coefficient (Wildman–Crippen LogP) is 4.12. The molecule has 0 saturated carbocycles. The number of aromatic nitrogens is 1. The van der Waals surface area contributed by atoms with Crippen LogP contribution in [0.1, 0.15) is 37.3 Å². The van der Waals surface area contributed by atoms with E-state index in [4.69, 9.17) is 0 Å². The van der Waals surface area contributed by atoms with Crippen LogP contribution in [0.5, 0.6) is 0 Å². The van der Waals surface area contributed by atoms with E-state index >= 15 is 0 Å². The summed E-state index contributed by atoms with van der Waals surface area (Å²) in [5.41, 5.74) is 2.99. The Bertz CT molecular complexity index is 743. The number of hydrogen-bond donors (Lipinski definition) is 0. The normalized spacial score (nSPS) is 26.8. The third-order valence-corrected chi connectivity index (χ3v) is 7.32. The fraction of sp³-hybridized carbons (Fsp3) is 0.444. The second-order valence-corrected chi connectivity index (χ2v) is 8.91. The van der Waals surface area contributed by atoms with Crippen LogP contribution >= 0.6 is 23.1 Å². The summed E-state index contributed by atoms with van der Waals surface area (Å²) in [6.45, 7) is 2.34.